The molecule has 0 unspecified atom stereocenters. The predicted molar refractivity (Wildman–Crippen MR) is 54.2 cm³/mol. The molecule has 0 atom stereocenters. The van der Waals surface area contributed by atoms with Crippen LogP contribution in [0.25, 0.3) is 0 Å². The summed E-state index contributed by atoms with van der Waals surface area (Å²) in [6, 6.07) is 5.36. The number of nitrogens with two attached hydrogens (primary N) is 1. The van der Waals surface area contributed by atoms with Gasteiger partial charge in [-0.15, -0.1) is 12.4 Å². The average Bonchev–Trinajstić information content (AvgIpc) is 1.94. The molecule has 5 heteroatoms. The van der Waals surface area contributed by atoms with E-state index in [1.54, 1.807) is 12.1 Å². The summed E-state index contributed by atoms with van der Waals surface area (Å²) in [4.78, 5) is 0. The quantitative estimate of drug-likeness (QED) is 0.600. The minimum atomic E-state index is 0. The number of anilines is 1. The van der Waals surface area contributed by atoms with E-state index in [-0.39, 0.29) is 12.4 Å². The van der Waals surface area contributed by atoms with Gasteiger partial charge in [-0.3, -0.25) is 5.84 Å². The summed E-state index contributed by atoms with van der Waals surface area (Å²) in [5.41, 5.74) is 3.29. The monoisotopic (exact) mass is 256 g/mol. The molecule has 0 bridgehead atoms. The highest BCUT2D eigenvalue weighted by Crippen LogP contribution is 2.24. The molecule has 0 aromatic heterocycles. The Labute approximate surface area is 84.6 Å². The molecule has 1 aromatic carbocycles. The molecule has 0 aliphatic rings. The van der Waals surface area contributed by atoms with Crippen molar-refractivity contribution in [3.05, 3.63) is 27.7 Å². The minimum Gasteiger partial charge on any atom is -0.323 e. The molecule has 1 aromatic rings. The molecule has 0 radical (unpaired) electrons. The first-order valence-corrected chi connectivity index (χ1v) is 3.83. The van der Waals surface area contributed by atoms with Crippen molar-refractivity contribution < 1.29 is 0 Å². The van der Waals surface area contributed by atoms with Crippen LogP contribution in [0.5, 0.6) is 0 Å². The summed E-state index contributed by atoms with van der Waals surface area (Å²) in [7, 11) is 0. The molecule has 0 saturated carbocycles. The maximum Gasteiger partial charge on any atom is 0.0642 e. The van der Waals surface area contributed by atoms with Crippen LogP contribution < -0.4 is 11.3 Å². The van der Waals surface area contributed by atoms with Crippen LogP contribution in [-0.4, -0.2) is 0 Å². The number of halogens is 3. The Bertz CT molecular complexity index is 242. The van der Waals surface area contributed by atoms with Gasteiger partial charge >= 0.3 is 0 Å². The van der Waals surface area contributed by atoms with Gasteiger partial charge in [0.15, 0.2) is 0 Å². The summed E-state index contributed by atoms with van der Waals surface area (Å²) in [6.45, 7) is 0. The molecule has 0 heterocycles. The summed E-state index contributed by atoms with van der Waals surface area (Å²) in [5.74, 6) is 5.18. The Kier molecular flexibility index (Phi) is 4.84. The SMILES string of the molecule is Cl.NNc1cc(Cl)ccc1Br. The lowest BCUT2D eigenvalue weighted by Gasteiger charge is -2.01. The second-order valence-electron chi connectivity index (χ2n) is 1.77. The molecular formula is C6H7BrCl2N2. The first-order valence-electron chi connectivity index (χ1n) is 2.65. The zero-order valence-corrected chi connectivity index (χ0v) is 8.63. The van der Waals surface area contributed by atoms with Gasteiger partial charge < -0.3 is 5.43 Å². The highest BCUT2D eigenvalue weighted by Gasteiger charge is 1.96. The van der Waals surface area contributed by atoms with E-state index in [0.717, 1.165) is 10.2 Å². The smallest absolute Gasteiger partial charge is 0.0642 e. The first kappa shape index (κ1) is 11.0. The lowest BCUT2D eigenvalue weighted by atomic mass is 10.3. The van der Waals surface area contributed by atoms with Gasteiger partial charge in [-0.05, 0) is 34.1 Å². The van der Waals surface area contributed by atoms with E-state index >= 15 is 0 Å². The molecule has 0 saturated heterocycles. The van der Waals surface area contributed by atoms with Crippen molar-refractivity contribution in [2.24, 2.45) is 5.84 Å². The van der Waals surface area contributed by atoms with E-state index in [1.165, 1.54) is 0 Å². The molecule has 3 N–H and O–H groups in total. The molecule has 1 rings (SSSR count). The second kappa shape index (κ2) is 4.83. The van der Waals surface area contributed by atoms with Gasteiger partial charge in [0.2, 0.25) is 0 Å². The second-order valence-corrected chi connectivity index (χ2v) is 3.06. The Morgan fingerprint density at radius 2 is 2.09 bits per heavy atom. The van der Waals surface area contributed by atoms with E-state index in [1.807, 2.05) is 6.07 Å². The standard InChI is InChI=1S/C6H6BrClN2.ClH/c7-5-2-1-4(8)3-6(5)10-9;/h1-3,10H,9H2;1H. The molecule has 0 fully saturated rings. The fourth-order valence-corrected chi connectivity index (χ4v) is 1.14. The normalized spacial score (nSPS) is 8.64. The molecule has 0 aliphatic heterocycles. The van der Waals surface area contributed by atoms with E-state index in [9.17, 15) is 0 Å². The zero-order chi connectivity index (χ0) is 7.56. The van der Waals surface area contributed by atoms with E-state index < -0.39 is 0 Å². The number of nitrogens with one attached hydrogen (secondary N) is 1. The van der Waals surface area contributed by atoms with Crippen LogP contribution >= 0.6 is 39.9 Å². The number of hydrazine groups is 1. The van der Waals surface area contributed by atoms with Gasteiger partial charge in [-0.25, -0.2) is 0 Å². The van der Waals surface area contributed by atoms with Gasteiger partial charge in [0.1, 0.15) is 0 Å². The summed E-state index contributed by atoms with van der Waals surface area (Å²) in [5, 5.41) is 0.663. The lowest BCUT2D eigenvalue weighted by Crippen LogP contribution is -2.06. The van der Waals surface area contributed by atoms with Crippen molar-refractivity contribution in [1.29, 1.82) is 0 Å². The zero-order valence-electron chi connectivity index (χ0n) is 5.47. The fraction of sp³-hybridized carbons (Fsp3) is 0. The van der Waals surface area contributed by atoms with Crippen molar-refractivity contribution in [2.45, 2.75) is 0 Å². The van der Waals surface area contributed by atoms with Gasteiger partial charge in [-0.2, -0.15) is 0 Å². The van der Waals surface area contributed by atoms with Gasteiger partial charge in [0, 0.05) is 9.50 Å². The largest absolute Gasteiger partial charge is 0.323 e. The van der Waals surface area contributed by atoms with Crippen LogP contribution in [0.2, 0.25) is 5.02 Å². The summed E-state index contributed by atoms with van der Waals surface area (Å²) >= 11 is 8.97. The summed E-state index contributed by atoms with van der Waals surface area (Å²) < 4.78 is 0.902. The van der Waals surface area contributed by atoms with Crippen molar-refractivity contribution in [1.82, 2.24) is 0 Å². The Balaban J connectivity index is 0.000001000. The molecule has 2 nitrogen and oxygen atoms in total. The Morgan fingerprint density at radius 1 is 1.45 bits per heavy atom. The van der Waals surface area contributed by atoms with Crippen molar-refractivity contribution in [3.8, 4) is 0 Å². The Morgan fingerprint density at radius 3 is 2.55 bits per heavy atom. The van der Waals surface area contributed by atoms with Gasteiger partial charge in [0.05, 0.1) is 5.69 Å². The fourth-order valence-electron chi connectivity index (χ4n) is 0.608. The Hall–Kier alpha value is 0.0400. The van der Waals surface area contributed by atoms with Crippen molar-refractivity contribution >= 4 is 45.6 Å². The third kappa shape index (κ3) is 2.87. The topological polar surface area (TPSA) is 38.0 Å². The van der Waals surface area contributed by atoms with Crippen LogP contribution in [-0.2, 0) is 0 Å². The highest BCUT2D eigenvalue weighted by molar-refractivity contribution is 9.10. The van der Waals surface area contributed by atoms with Crippen LogP contribution in [0.3, 0.4) is 0 Å². The third-order valence-electron chi connectivity index (χ3n) is 1.08. The molecule has 11 heavy (non-hydrogen) atoms. The summed E-state index contributed by atoms with van der Waals surface area (Å²) in [6.07, 6.45) is 0. The molecule has 62 valence electrons. The van der Waals surface area contributed by atoms with E-state index in [4.69, 9.17) is 17.4 Å². The molecule has 0 amide bonds. The van der Waals surface area contributed by atoms with Crippen molar-refractivity contribution in [2.75, 3.05) is 5.43 Å². The minimum absolute atomic E-state index is 0. The number of hydrogen-bond donors (Lipinski definition) is 2. The highest BCUT2D eigenvalue weighted by atomic mass is 79.9. The maximum absolute atomic E-state index is 5.68. The van der Waals surface area contributed by atoms with Crippen molar-refractivity contribution in [3.63, 3.8) is 0 Å². The maximum atomic E-state index is 5.68. The number of benzene rings is 1. The van der Waals surface area contributed by atoms with Gasteiger partial charge in [0.25, 0.3) is 0 Å². The van der Waals surface area contributed by atoms with E-state index in [2.05, 4.69) is 21.4 Å². The molecular weight excluding hydrogens is 251 g/mol. The average molecular weight is 258 g/mol. The molecule has 0 spiro atoms. The van der Waals surface area contributed by atoms with Crippen LogP contribution in [0.4, 0.5) is 5.69 Å². The third-order valence-corrected chi connectivity index (χ3v) is 2.01. The first-order chi connectivity index (χ1) is 4.74. The number of hydrogen-bond acceptors (Lipinski definition) is 2. The van der Waals surface area contributed by atoms with Crippen LogP contribution in [0, 0.1) is 0 Å². The van der Waals surface area contributed by atoms with Gasteiger partial charge in [-0.1, -0.05) is 11.6 Å². The molecule has 0 aliphatic carbocycles. The van der Waals surface area contributed by atoms with Crippen LogP contribution in [0.1, 0.15) is 0 Å². The van der Waals surface area contributed by atoms with E-state index in [0.29, 0.717) is 5.02 Å². The number of rotatable bonds is 1. The predicted octanol–water partition coefficient (Wildman–Crippen LogP) is 2.81. The lowest BCUT2D eigenvalue weighted by molar-refractivity contribution is 1.34. The van der Waals surface area contributed by atoms with Crippen LogP contribution in [0.15, 0.2) is 22.7 Å². The number of nitrogen functional groups attached to an aromatic ring is 1.